The molecule has 8 nitrogen and oxygen atoms in total. The smallest absolute Gasteiger partial charge is 0.296 e. The van der Waals surface area contributed by atoms with E-state index < -0.39 is 17.7 Å². The van der Waals surface area contributed by atoms with Gasteiger partial charge >= 0.3 is 0 Å². The van der Waals surface area contributed by atoms with Crippen LogP contribution in [0.5, 0.6) is 17.2 Å². The number of carbonyl (C=O) groups is 2. The van der Waals surface area contributed by atoms with Crippen molar-refractivity contribution in [3.8, 4) is 17.2 Å². The molecule has 2 heterocycles. The van der Waals surface area contributed by atoms with Crippen LogP contribution in [0.1, 0.15) is 50.1 Å². The predicted octanol–water partition coefficient (Wildman–Crippen LogP) is 5.49. The number of ether oxygens (including phenoxy) is 3. The molecule has 1 atom stereocenters. The number of rotatable bonds is 11. The summed E-state index contributed by atoms with van der Waals surface area (Å²) in [5.41, 5.74) is 0.994. The Balaban J connectivity index is 1.83. The van der Waals surface area contributed by atoms with E-state index in [0.29, 0.717) is 54.0 Å². The Morgan fingerprint density at radius 1 is 0.946 bits per heavy atom. The summed E-state index contributed by atoms with van der Waals surface area (Å²) in [6.45, 7) is 7.24. The van der Waals surface area contributed by atoms with Gasteiger partial charge in [0, 0.05) is 5.56 Å². The normalized spacial score (nSPS) is 16.7. The van der Waals surface area contributed by atoms with Gasteiger partial charge in [-0.2, -0.15) is 0 Å². The third-order valence-electron chi connectivity index (χ3n) is 5.93. The first-order chi connectivity index (χ1) is 18.0. The maximum atomic E-state index is 13.3. The van der Waals surface area contributed by atoms with E-state index >= 15 is 0 Å². The first-order valence-corrected chi connectivity index (χ1v) is 12.4. The van der Waals surface area contributed by atoms with Gasteiger partial charge in [-0.1, -0.05) is 13.0 Å². The Hall–Kier alpha value is -4.20. The Morgan fingerprint density at radius 2 is 1.70 bits per heavy atom. The van der Waals surface area contributed by atoms with Gasteiger partial charge in [-0.3, -0.25) is 9.59 Å². The fraction of sp³-hybridized carbons (Fsp3) is 0.310. The number of aliphatic hydroxyl groups excluding tert-OH is 1. The molecule has 1 aromatic heterocycles. The molecule has 1 fully saturated rings. The minimum atomic E-state index is -0.865. The van der Waals surface area contributed by atoms with E-state index in [1.807, 2.05) is 20.8 Å². The summed E-state index contributed by atoms with van der Waals surface area (Å²) < 4.78 is 22.6. The lowest BCUT2D eigenvalue weighted by atomic mass is 9.95. The van der Waals surface area contributed by atoms with Crippen molar-refractivity contribution in [3.63, 3.8) is 0 Å². The number of hydrogen-bond acceptors (Lipinski definition) is 7. The number of furan rings is 1. The lowest BCUT2D eigenvalue weighted by Gasteiger charge is -2.25. The fourth-order valence-corrected chi connectivity index (χ4v) is 4.29. The fourth-order valence-electron chi connectivity index (χ4n) is 4.29. The highest BCUT2D eigenvalue weighted by molar-refractivity contribution is 6.46. The summed E-state index contributed by atoms with van der Waals surface area (Å²) in [7, 11) is 0. The molecule has 0 bridgehead atoms. The second kappa shape index (κ2) is 11.7. The highest BCUT2D eigenvalue weighted by Gasteiger charge is 2.46. The second-order valence-corrected chi connectivity index (χ2v) is 8.45. The van der Waals surface area contributed by atoms with Crippen LogP contribution in [0.4, 0.5) is 0 Å². The Morgan fingerprint density at radius 3 is 2.35 bits per heavy atom. The molecular formula is C29H31NO7. The molecule has 1 N–H and O–H groups in total. The topological polar surface area (TPSA) is 98.4 Å². The van der Waals surface area contributed by atoms with Crippen LogP contribution in [0.3, 0.4) is 0 Å². The number of benzene rings is 2. The number of ketones is 1. The first kappa shape index (κ1) is 25.9. The van der Waals surface area contributed by atoms with Gasteiger partial charge < -0.3 is 28.6 Å². The van der Waals surface area contributed by atoms with Crippen molar-refractivity contribution in [2.24, 2.45) is 0 Å². The zero-order valence-electron chi connectivity index (χ0n) is 21.2. The maximum Gasteiger partial charge on any atom is 0.296 e. The van der Waals surface area contributed by atoms with Crippen molar-refractivity contribution in [2.45, 2.75) is 39.8 Å². The van der Waals surface area contributed by atoms with E-state index in [0.717, 1.165) is 6.42 Å². The van der Waals surface area contributed by atoms with Crippen molar-refractivity contribution in [1.82, 2.24) is 4.90 Å². The van der Waals surface area contributed by atoms with Crippen LogP contribution in [0, 0.1) is 0 Å². The van der Waals surface area contributed by atoms with Crippen molar-refractivity contribution >= 4 is 17.4 Å². The van der Waals surface area contributed by atoms with Crippen LogP contribution >= 0.6 is 0 Å². The van der Waals surface area contributed by atoms with Crippen LogP contribution in [-0.4, -0.2) is 41.5 Å². The molecule has 4 rings (SSSR count). The molecule has 1 saturated heterocycles. The highest BCUT2D eigenvalue weighted by atomic mass is 16.5. The summed E-state index contributed by atoms with van der Waals surface area (Å²) in [6, 6.07) is 14.6. The van der Waals surface area contributed by atoms with E-state index in [4.69, 9.17) is 18.6 Å². The summed E-state index contributed by atoms with van der Waals surface area (Å²) in [4.78, 5) is 27.9. The van der Waals surface area contributed by atoms with E-state index in [9.17, 15) is 14.7 Å². The summed E-state index contributed by atoms with van der Waals surface area (Å²) >= 11 is 0. The molecule has 3 aromatic rings. The zero-order chi connectivity index (χ0) is 26.4. The Bertz CT molecular complexity index is 1260. The third-order valence-corrected chi connectivity index (χ3v) is 5.93. The zero-order valence-corrected chi connectivity index (χ0v) is 21.2. The van der Waals surface area contributed by atoms with Crippen LogP contribution in [0.2, 0.25) is 0 Å². The van der Waals surface area contributed by atoms with Gasteiger partial charge in [0.15, 0.2) is 11.5 Å². The number of likely N-dealkylation sites (tertiary alicyclic amines) is 1. The van der Waals surface area contributed by atoms with Crippen molar-refractivity contribution < 1.29 is 33.3 Å². The lowest BCUT2D eigenvalue weighted by Crippen LogP contribution is -2.29. The third kappa shape index (κ3) is 5.48. The van der Waals surface area contributed by atoms with Crippen LogP contribution in [-0.2, 0) is 16.1 Å². The standard InChI is InChI=1S/C29H31NO7/c1-4-15-37-23-14-11-20(17-24(23)35-6-3)26-25(27(31)19-9-12-21(13-10-19)34-5-2)28(32)29(33)30(26)18-22-8-7-16-36-22/h7-14,16-17,26,31H,4-6,15,18H2,1-3H3/b27-25+. The maximum absolute atomic E-state index is 13.3. The predicted molar refractivity (Wildman–Crippen MR) is 138 cm³/mol. The molecule has 1 unspecified atom stereocenters. The number of Topliss-reactive ketones (excluding diaryl/α,β-unsaturated/α-hetero) is 1. The SMILES string of the molecule is CCCOc1ccc(C2/C(=C(\O)c3ccc(OCC)cc3)C(=O)C(=O)N2Cc2ccco2)cc1OCC. The van der Waals surface area contributed by atoms with Crippen molar-refractivity contribution in [1.29, 1.82) is 0 Å². The molecule has 0 saturated carbocycles. The molecule has 8 heteroatoms. The molecule has 1 amide bonds. The van der Waals surface area contributed by atoms with E-state index in [-0.39, 0.29) is 17.9 Å². The molecule has 1 aliphatic heterocycles. The number of aliphatic hydroxyl groups is 1. The molecule has 194 valence electrons. The summed E-state index contributed by atoms with van der Waals surface area (Å²) in [5, 5.41) is 11.3. The number of hydrogen-bond donors (Lipinski definition) is 1. The average molecular weight is 506 g/mol. The number of carbonyl (C=O) groups excluding carboxylic acids is 2. The monoisotopic (exact) mass is 505 g/mol. The minimum Gasteiger partial charge on any atom is -0.507 e. The molecule has 1 aliphatic rings. The van der Waals surface area contributed by atoms with Gasteiger partial charge in [0.25, 0.3) is 11.7 Å². The van der Waals surface area contributed by atoms with Gasteiger partial charge in [-0.25, -0.2) is 0 Å². The molecule has 0 radical (unpaired) electrons. The second-order valence-electron chi connectivity index (χ2n) is 8.45. The molecule has 0 spiro atoms. The van der Waals surface area contributed by atoms with E-state index in [1.165, 1.54) is 11.2 Å². The molecule has 2 aromatic carbocycles. The minimum absolute atomic E-state index is 0.00890. The van der Waals surface area contributed by atoms with Crippen molar-refractivity contribution in [2.75, 3.05) is 19.8 Å². The number of nitrogens with zero attached hydrogens (tertiary/aromatic N) is 1. The first-order valence-electron chi connectivity index (χ1n) is 12.4. The van der Waals surface area contributed by atoms with Crippen molar-refractivity contribution in [3.05, 3.63) is 83.3 Å². The molecule has 37 heavy (non-hydrogen) atoms. The van der Waals surface area contributed by atoms with Gasteiger partial charge in [-0.15, -0.1) is 0 Å². The molecule has 0 aliphatic carbocycles. The lowest BCUT2D eigenvalue weighted by molar-refractivity contribution is -0.140. The van der Waals surface area contributed by atoms with Crippen LogP contribution in [0.25, 0.3) is 5.76 Å². The summed E-state index contributed by atoms with van der Waals surface area (Å²) in [5.74, 6) is 0.460. The van der Waals surface area contributed by atoms with Crippen LogP contribution < -0.4 is 14.2 Å². The van der Waals surface area contributed by atoms with Gasteiger partial charge in [0.2, 0.25) is 0 Å². The van der Waals surface area contributed by atoms with E-state index in [1.54, 1.807) is 54.6 Å². The average Bonchev–Trinajstić information content (AvgIpc) is 3.51. The Labute approximate surface area is 216 Å². The van der Waals surface area contributed by atoms with Gasteiger partial charge in [0.05, 0.1) is 44.2 Å². The largest absolute Gasteiger partial charge is 0.507 e. The number of amides is 1. The van der Waals surface area contributed by atoms with E-state index in [2.05, 4.69) is 0 Å². The quantitative estimate of drug-likeness (QED) is 0.209. The summed E-state index contributed by atoms with van der Waals surface area (Å²) in [6.07, 6.45) is 2.34. The highest BCUT2D eigenvalue weighted by Crippen LogP contribution is 2.43. The van der Waals surface area contributed by atoms with Crippen LogP contribution in [0.15, 0.2) is 70.9 Å². The van der Waals surface area contributed by atoms with Gasteiger partial charge in [-0.05, 0) is 74.4 Å². The molecular weight excluding hydrogens is 474 g/mol. The van der Waals surface area contributed by atoms with Gasteiger partial charge in [0.1, 0.15) is 17.3 Å². The Kier molecular flexibility index (Phi) is 8.18.